The minimum absolute atomic E-state index is 0.0822. The predicted molar refractivity (Wildman–Crippen MR) is 86.4 cm³/mol. The number of non-ortho nitro benzene ring substituents is 1. The third kappa shape index (κ3) is 3.47. The fourth-order valence-electron chi connectivity index (χ4n) is 4.13. The van der Waals surface area contributed by atoms with Crippen LogP contribution in [0, 0.1) is 21.4 Å². The molecule has 10 heteroatoms. The van der Waals surface area contributed by atoms with Gasteiger partial charge in [0.1, 0.15) is 0 Å². The first-order valence-electron chi connectivity index (χ1n) is 8.42. The van der Waals surface area contributed by atoms with E-state index in [-0.39, 0.29) is 25.1 Å². The van der Waals surface area contributed by atoms with E-state index in [1.54, 1.807) is 0 Å². The maximum atomic E-state index is 13.3. The van der Waals surface area contributed by atoms with Crippen molar-refractivity contribution in [1.82, 2.24) is 4.90 Å². The van der Waals surface area contributed by atoms with E-state index in [0.717, 1.165) is 18.2 Å². The maximum absolute atomic E-state index is 13.3. The number of carbonyl (C=O) groups is 2. The maximum Gasteiger partial charge on any atom is 0.392 e. The summed E-state index contributed by atoms with van der Waals surface area (Å²) in [4.78, 5) is 35.4. The molecule has 1 aliphatic carbocycles. The van der Waals surface area contributed by atoms with Gasteiger partial charge < -0.3 is 10.0 Å². The van der Waals surface area contributed by atoms with Gasteiger partial charge in [-0.15, -0.1) is 0 Å². The number of carboxylic acid groups (broad SMARTS) is 1. The molecule has 1 atom stereocenters. The number of likely N-dealkylation sites (tertiary alicyclic amines) is 1. The van der Waals surface area contributed by atoms with E-state index in [9.17, 15) is 32.9 Å². The lowest BCUT2D eigenvalue weighted by Crippen LogP contribution is -2.57. The zero-order valence-electron chi connectivity index (χ0n) is 14.2. The van der Waals surface area contributed by atoms with Crippen molar-refractivity contribution < 1.29 is 32.8 Å². The summed E-state index contributed by atoms with van der Waals surface area (Å²) in [6.07, 6.45) is -3.16. The minimum Gasteiger partial charge on any atom is -0.478 e. The van der Waals surface area contributed by atoms with Crippen LogP contribution in [-0.2, 0) is 0 Å². The summed E-state index contributed by atoms with van der Waals surface area (Å²) in [5, 5.41) is 20.1. The Morgan fingerprint density at radius 2 is 1.85 bits per heavy atom. The standard InChI is InChI=1S/C17H17F3N2O5/c18-17(19,20)13-2-5-21(9-16(13)3-1-4-16)14(23)10-6-11(15(24)25)8-12(7-10)22(26)27/h6-8,13H,1-5,9H2,(H,24,25). The largest absolute Gasteiger partial charge is 0.478 e. The van der Waals surface area contributed by atoms with Gasteiger partial charge in [-0.05, 0) is 30.7 Å². The fourth-order valence-corrected chi connectivity index (χ4v) is 4.13. The third-order valence-electron chi connectivity index (χ3n) is 5.59. The van der Waals surface area contributed by atoms with Gasteiger partial charge in [0.25, 0.3) is 11.6 Å². The lowest BCUT2D eigenvalue weighted by Gasteiger charge is -2.54. The number of nitro groups is 1. The molecule has 1 aliphatic heterocycles. The van der Waals surface area contributed by atoms with E-state index in [4.69, 9.17) is 5.11 Å². The number of halogens is 3. The summed E-state index contributed by atoms with van der Waals surface area (Å²) in [7, 11) is 0. The number of nitrogens with zero attached hydrogens (tertiary/aromatic N) is 2. The van der Waals surface area contributed by atoms with Crippen molar-refractivity contribution in [2.45, 2.75) is 31.9 Å². The molecule has 3 rings (SSSR count). The molecule has 1 aromatic rings. The highest BCUT2D eigenvalue weighted by Crippen LogP contribution is 2.56. The number of hydrogen-bond acceptors (Lipinski definition) is 4. The smallest absolute Gasteiger partial charge is 0.392 e. The number of alkyl halides is 3. The fraction of sp³-hybridized carbons (Fsp3) is 0.529. The number of aromatic carboxylic acids is 1. The number of rotatable bonds is 3. The summed E-state index contributed by atoms with van der Waals surface area (Å²) in [6.45, 7) is -0.211. The highest BCUT2D eigenvalue weighted by atomic mass is 19.4. The molecule has 1 N–H and O–H groups in total. The summed E-state index contributed by atoms with van der Waals surface area (Å²) in [5.41, 5.74) is -2.19. The molecule has 1 heterocycles. The van der Waals surface area contributed by atoms with Crippen LogP contribution >= 0.6 is 0 Å². The lowest BCUT2D eigenvalue weighted by molar-refractivity contribution is -0.384. The molecule has 1 spiro atoms. The Bertz CT molecular complexity index is 772. The summed E-state index contributed by atoms with van der Waals surface area (Å²) >= 11 is 0. The molecule has 1 saturated carbocycles. The molecule has 1 unspecified atom stereocenters. The van der Waals surface area contributed by atoms with Gasteiger partial charge in [0, 0.05) is 30.8 Å². The average Bonchev–Trinajstić information content (AvgIpc) is 2.57. The average molecular weight is 386 g/mol. The van der Waals surface area contributed by atoms with Crippen LogP contribution in [0.4, 0.5) is 18.9 Å². The number of carbonyl (C=O) groups excluding carboxylic acids is 1. The Labute approximate surface area is 151 Å². The SMILES string of the molecule is O=C(O)c1cc(C(=O)N2CCC(C(F)(F)F)C3(CCC3)C2)cc([N+](=O)[O-])c1. The zero-order chi connectivity index (χ0) is 20.0. The Morgan fingerprint density at radius 1 is 1.22 bits per heavy atom. The highest BCUT2D eigenvalue weighted by Gasteiger charge is 2.58. The van der Waals surface area contributed by atoms with Crippen molar-refractivity contribution >= 4 is 17.6 Å². The van der Waals surface area contributed by atoms with Crippen LogP contribution in [0.25, 0.3) is 0 Å². The normalized spacial score (nSPS) is 21.6. The minimum atomic E-state index is -4.34. The molecule has 146 valence electrons. The van der Waals surface area contributed by atoms with Crippen molar-refractivity contribution in [3.63, 3.8) is 0 Å². The van der Waals surface area contributed by atoms with Crippen LogP contribution < -0.4 is 0 Å². The van der Waals surface area contributed by atoms with E-state index in [0.29, 0.717) is 19.3 Å². The molecule has 2 fully saturated rings. The molecular weight excluding hydrogens is 369 g/mol. The number of nitro benzene ring substituents is 1. The number of amides is 1. The lowest BCUT2D eigenvalue weighted by atomic mass is 9.58. The van der Waals surface area contributed by atoms with E-state index >= 15 is 0 Å². The van der Waals surface area contributed by atoms with Crippen LogP contribution in [-0.4, -0.2) is 46.1 Å². The Balaban J connectivity index is 1.89. The molecule has 1 aromatic carbocycles. The number of benzene rings is 1. The van der Waals surface area contributed by atoms with Gasteiger partial charge >= 0.3 is 12.1 Å². The van der Waals surface area contributed by atoms with Gasteiger partial charge in [-0.25, -0.2) is 4.79 Å². The summed E-state index contributed by atoms with van der Waals surface area (Å²) in [5.74, 6) is -3.59. The van der Waals surface area contributed by atoms with Crippen molar-refractivity contribution in [1.29, 1.82) is 0 Å². The van der Waals surface area contributed by atoms with Crippen molar-refractivity contribution in [3.8, 4) is 0 Å². The molecule has 0 radical (unpaired) electrons. The Kier molecular flexibility index (Phi) is 4.61. The first kappa shape index (κ1) is 19.1. The van der Waals surface area contributed by atoms with Crippen LogP contribution in [0.3, 0.4) is 0 Å². The quantitative estimate of drug-likeness (QED) is 0.633. The van der Waals surface area contributed by atoms with Gasteiger partial charge in [0.2, 0.25) is 0 Å². The van der Waals surface area contributed by atoms with Gasteiger partial charge in [0.05, 0.1) is 16.4 Å². The summed E-state index contributed by atoms with van der Waals surface area (Å²) < 4.78 is 40.0. The third-order valence-corrected chi connectivity index (χ3v) is 5.59. The van der Waals surface area contributed by atoms with Gasteiger partial charge in [-0.2, -0.15) is 13.2 Å². The second-order valence-corrected chi connectivity index (χ2v) is 7.16. The highest BCUT2D eigenvalue weighted by molar-refractivity contribution is 5.98. The van der Waals surface area contributed by atoms with Gasteiger partial charge in [-0.1, -0.05) is 6.42 Å². The van der Waals surface area contributed by atoms with Crippen molar-refractivity contribution in [2.24, 2.45) is 11.3 Å². The van der Waals surface area contributed by atoms with Crippen LogP contribution in [0.1, 0.15) is 46.4 Å². The predicted octanol–water partition coefficient (Wildman–Crippen LogP) is 3.49. The molecular formula is C17H17F3N2O5. The topological polar surface area (TPSA) is 101 Å². The van der Waals surface area contributed by atoms with Crippen molar-refractivity contribution in [2.75, 3.05) is 13.1 Å². The molecule has 2 aliphatic rings. The van der Waals surface area contributed by atoms with E-state index in [1.807, 2.05) is 0 Å². The Hall–Kier alpha value is -2.65. The Morgan fingerprint density at radius 3 is 2.33 bits per heavy atom. The number of carboxylic acids is 1. The van der Waals surface area contributed by atoms with E-state index in [2.05, 4.69) is 0 Å². The number of hydrogen-bond donors (Lipinski definition) is 1. The first-order chi connectivity index (χ1) is 12.5. The molecule has 0 bridgehead atoms. The van der Waals surface area contributed by atoms with Crippen LogP contribution in [0.15, 0.2) is 18.2 Å². The molecule has 7 nitrogen and oxygen atoms in total. The second kappa shape index (κ2) is 6.50. The number of piperidine rings is 1. The molecule has 27 heavy (non-hydrogen) atoms. The first-order valence-corrected chi connectivity index (χ1v) is 8.42. The van der Waals surface area contributed by atoms with Crippen LogP contribution in [0.5, 0.6) is 0 Å². The monoisotopic (exact) mass is 386 g/mol. The van der Waals surface area contributed by atoms with Gasteiger partial charge in [-0.3, -0.25) is 14.9 Å². The zero-order valence-corrected chi connectivity index (χ0v) is 14.2. The summed E-state index contributed by atoms with van der Waals surface area (Å²) in [6, 6.07) is 2.81. The molecule has 1 amide bonds. The molecule has 1 saturated heterocycles. The van der Waals surface area contributed by atoms with Gasteiger partial charge in [0.15, 0.2) is 0 Å². The second-order valence-electron chi connectivity index (χ2n) is 7.16. The molecule has 0 aromatic heterocycles. The van der Waals surface area contributed by atoms with E-state index < -0.39 is 45.6 Å². The van der Waals surface area contributed by atoms with E-state index in [1.165, 1.54) is 4.90 Å². The van der Waals surface area contributed by atoms with Crippen molar-refractivity contribution in [3.05, 3.63) is 39.4 Å². The van der Waals surface area contributed by atoms with Crippen LogP contribution in [0.2, 0.25) is 0 Å².